The van der Waals surface area contributed by atoms with E-state index in [1.54, 1.807) is 16.4 Å². The minimum Gasteiger partial charge on any atom is -0.310 e. The lowest BCUT2D eigenvalue weighted by atomic mass is 10.1. The first-order valence-electron chi connectivity index (χ1n) is 7.47. The number of hydrogen-bond donors (Lipinski definition) is 1. The van der Waals surface area contributed by atoms with Gasteiger partial charge in [0.25, 0.3) is 0 Å². The zero-order valence-electron chi connectivity index (χ0n) is 12.4. The van der Waals surface area contributed by atoms with Gasteiger partial charge < -0.3 is 5.32 Å². The predicted octanol–water partition coefficient (Wildman–Crippen LogP) is 2.12. The zero-order valence-corrected chi connectivity index (χ0v) is 13.2. The minimum absolute atomic E-state index is 0.229. The third-order valence-electron chi connectivity index (χ3n) is 3.82. The van der Waals surface area contributed by atoms with Crippen molar-refractivity contribution < 1.29 is 12.8 Å². The molecule has 6 heteroatoms. The molecule has 1 saturated heterocycles. The topological polar surface area (TPSA) is 49.4 Å². The number of sulfonamides is 1. The number of benzene rings is 1. The van der Waals surface area contributed by atoms with Gasteiger partial charge in [-0.2, -0.15) is 0 Å². The Labute approximate surface area is 126 Å². The first-order valence-corrected chi connectivity index (χ1v) is 9.08. The van der Waals surface area contributed by atoms with E-state index < -0.39 is 10.0 Å². The van der Waals surface area contributed by atoms with Crippen molar-refractivity contribution in [3.05, 3.63) is 35.6 Å². The van der Waals surface area contributed by atoms with Crippen molar-refractivity contribution in [1.29, 1.82) is 0 Å². The molecule has 0 atom stereocenters. The van der Waals surface area contributed by atoms with E-state index in [1.165, 1.54) is 12.1 Å². The van der Waals surface area contributed by atoms with E-state index >= 15 is 0 Å². The SMILES string of the molecule is CCCS(=O)(=O)N1CCC(NCc2ccc(F)cc2)CC1. The highest BCUT2D eigenvalue weighted by molar-refractivity contribution is 7.89. The van der Waals surface area contributed by atoms with Crippen LogP contribution in [-0.4, -0.2) is 37.6 Å². The molecule has 1 aliphatic rings. The number of halogens is 1. The summed E-state index contributed by atoms with van der Waals surface area (Å²) >= 11 is 0. The molecule has 0 spiro atoms. The Hall–Kier alpha value is -0.980. The van der Waals surface area contributed by atoms with E-state index in [1.807, 2.05) is 6.92 Å². The quantitative estimate of drug-likeness (QED) is 0.875. The van der Waals surface area contributed by atoms with Gasteiger partial charge in [-0.1, -0.05) is 19.1 Å². The molecule has 0 aromatic heterocycles. The number of hydrogen-bond acceptors (Lipinski definition) is 3. The Morgan fingerprint density at radius 2 is 1.86 bits per heavy atom. The smallest absolute Gasteiger partial charge is 0.214 e. The first-order chi connectivity index (χ1) is 10.0. The van der Waals surface area contributed by atoms with Gasteiger partial charge in [-0.3, -0.25) is 0 Å². The van der Waals surface area contributed by atoms with Crippen molar-refractivity contribution in [3.8, 4) is 0 Å². The van der Waals surface area contributed by atoms with Gasteiger partial charge in [-0.25, -0.2) is 17.1 Å². The van der Waals surface area contributed by atoms with Crippen LogP contribution in [0.1, 0.15) is 31.7 Å². The molecule has 2 rings (SSSR count). The second-order valence-electron chi connectivity index (χ2n) is 5.50. The van der Waals surface area contributed by atoms with Crippen LogP contribution < -0.4 is 5.32 Å². The van der Waals surface area contributed by atoms with Crippen LogP contribution in [0.25, 0.3) is 0 Å². The molecule has 0 aliphatic carbocycles. The van der Waals surface area contributed by atoms with Gasteiger partial charge in [-0.05, 0) is 37.0 Å². The Morgan fingerprint density at radius 1 is 1.24 bits per heavy atom. The third kappa shape index (κ3) is 4.76. The monoisotopic (exact) mass is 314 g/mol. The lowest BCUT2D eigenvalue weighted by Gasteiger charge is -2.31. The second-order valence-corrected chi connectivity index (χ2v) is 7.59. The largest absolute Gasteiger partial charge is 0.310 e. The molecule has 1 aromatic carbocycles. The number of nitrogens with zero attached hydrogens (tertiary/aromatic N) is 1. The molecule has 1 aliphatic heterocycles. The molecule has 1 heterocycles. The molecule has 0 unspecified atom stereocenters. The normalized spacial score (nSPS) is 18.0. The van der Waals surface area contributed by atoms with Crippen LogP contribution in [0.2, 0.25) is 0 Å². The first kappa shape index (κ1) is 16.4. The van der Waals surface area contributed by atoms with Crippen molar-refractivity contribution in [2.45, 2.75) is 38.8 Å². The van der Waals surface area contributed by atoms with Crippen molar-refractivity contribution in [3.63, 3.8) is 0 Å². The highest BCUT2D eigenvalue weighted by atomic mass is 32.2. The van der Waals surface area contributed by atoms with E-state index in [2.05, 4.69) is 5.32 Å². The molecule has 1 fully saturated rings. The Morgan fingerprint density at radius 3 is 2.43 bits per heavy atom. The molecule has 4 nitrogen and oxygen atoms in total. The van der Waals surface area contributed by atoms with Gasteiger partial charge in [0.1, 0.15) is 5.82 Å². The number of rotatable bonds is 6. The molecule has 0 saturated carbocycles. The summed E-state index contributed by atoms with van der Waals surface area (Å²) in [4.78, 5) is 0. The average molecular weight is 314 g/mol. The summed E-state index contributed by atoms with van der Waals surface area (Å²) in [6.45, 7) is 3.74. The van der Waals surface area contributed by atoms with Gasteiger partial charge in [0.2, 0.25) is 10.0 Å². The molecule has 0 radical (unpaired) electrons. The number of piperidine rings is 1. The highest BCUT2D eigenvalue weighted by Gasteiger charge is 2.26. The molecular weight excluding hydrogens is 291 g/mol. The van der Waals surface area contributed by atoms with Gasteiger partial charge in [0.05, 0.1) is 5.75 Å². The summed E-state index contributed by atoms with van der Waals surface area (Å²) in [5.74, 6) is 0.00825. The van der Waals surface area contributed by atoms with Crippen LogP contribution in [0, 0.1) is 5.82 Å². The van der Waals surface area contributed by atoms with Crippen LogP contribution in [0.5, 0.6) is 0 Å². The Bertz CT molecular complexity index is 537. The zero-order chi connectivity index (χ0) is 15.3. The fourth-order valence-electron chi connectivity index (χ4n) is 2.59. The standard InChI is InChI=1S/C15H23FN2O2S/c1-2-11-21(19,20)18-9-7-15(8-10-18)17-12-13-3-5-14(16)6-4-13/h3-6,15,17H,2,7-12H2,1H3. The summed E-state index contributed by atoms with van der Waals surface area (Å²) in [5.41, 5.74) is 1.04. The third-order valence-corrected chi connectivity index (χ3v) is 5.89. The van der Waals surface area contributed by atoms with Gasteiger partial charge in [0, 0.05) is 25.7 Å². The van der Waals surface area contributed by atoms with E-state index in [0.29, 0.717) is 32.1 Å². The molecule has 0 amide bonds. The van der Waals surface area contributed by atoms with Crippen LogP contribution >= 0.6 is 0 Å². The summed E-state index contributed by atoms with van der Waals surface area (Å²) in [6, 6.07) is 6.77. The fraction of sp³-hybridized carbons (Fsp3) is 0.600. The predicted molar refractivity (Wildman–Crippen MR) is 81.9 cm³/mol. The molecule has 0 bridgehead atoms. The van der Waals surface area contributed by atoms with Crippen LogP contribution in [0.15, 0.2) is 24.3 Å². The lowest BCUT2D eigenvalue weighted by molar-refractivity contribution is 0.288. The van der Waals surface area contributed by atoms with E-state index in [4.69, 9.17) is 0 Å². The molecule has 1 N–H and O–H groups in total. The summed E-state index contributed by atoms with van der Waals surface area (Å²) in [7, 11) is -3.06. The summed E-state index contributed by atoms with van der Waals surface area (Å²) in [5, 5.41) is 3.42. The summed E-state index contributed by atoms with van der Waals surface area (Å²) in [6.07, 6.45) is 2.30. The minimum atomic E-state index is -3.06. The number of nitrogens with one attached hydrogen (secondary N) is 1. The Kier molecular flexibility index (Phi) is 5.72. The lowest BCUT2D eigenvalue weighted by Crippen LogP contribution is -2.45. The van der Waals surface area contributed by atoms with Crippen molar-refractivity contribution in [2.24, 2.45) is 0 Å². The van der Waals surface area contributed by atoms with Crippen molar-refractivity contribution in [1.82, 2.24) is 9.62 Å². The maximum atomic E-state index is 12.8. The molecular formula is C15H23FN2O2S. The Balaban J connectivity index is 1.78. The van der Waals surface area contributed by atoms with Crippen molar-refractivity contribution in [2.75, 3.05) is 18.8 Å². The molecule has 118 valence electrons. The average Bonchev–Trinajstić information content (AvgIpc) is 2.47. The maximum absolute atomic E-state index is 12.8. The van der Waals surface area contributed by atoms with E-state index in [0.717, 1.165) is 18.4 Å². The summed E-state index contributed by atoms with van der Waals surface area (Å²) < 4.78 is 38.4. The van der Waals surface area contributed by atoms with Crippen LogP contribution in [0.4, 0.5) is 4.39 Å². The maximum Gasteiger partial charge on any atom is 0.214 e. The molecule has 21 heavy (non-hydrogen) atoms. The van der Waals surface area contributed by atoms with Crippen molar-refractivity contribution >= 4 is 10.0 Å². The fourth-order valence-corrected chi connectivity index (χ4v) is 4.13. The van der Waals surface area contributed by atoms with E-state index in [-0.39, 0.29) is 11.6 Å². The van der Waals surface area contributed by atoms with Crippen LogP contribution in [-0.2, 0) is 16.6 Å². The second kappa shape index (κ2) is 7.33. The van der Waals surface area contributed by atoms with Crippen LogP contribution in [0.3, 0.4) is 0 Å². The molecule has 1 aromatic rings. The highest BCUT2D eigenvalue weighted by Crippen LogP contribution is 2.15. The van der Waals surface area contributed by atoms with Gasteiger partial charge in [0.15, 0.2) is 0 Å². The van der Waals surface area contributed by atoms with Gasteiger partial charge >= 0.3 is 0 Å². The van der Waals surface area contributed by atoms with Gasteiger partial charge in [-0.15, -0.1) is 0 Å². The van der Waals surface area contributed by atoms with E-state index in [9.17, 15) is 12.8 Å².